The van der Waals surface area contributed by atoms with Gasteiger partial charge in [0.1, 0.15) is 5.76 Å². The van der Waals surface area contributed by atoms with Crippen LogP contribution >= 0.6 is 0 Å². The zero-order valence-corrected chi connectivity index (χ0v) is 10.5. The molecule has 0 bridgehead atoms. The van der Waals surface area contributed by atoms with Crippen molar-refractivity contribution in [2.24, 2.45) is 5.92 Å². The van der Waals surface area contributed by atoms with E-state index in [1.54, 1.807) is 14.2 Å². The van der Waals surface area contributed by atoms with Gasteiger partial charge in [-0.25, -0.2) is 0 Å². The van der Waals surface area contributed by atoms with Crippen LogP contribution < -0.4 is 0 Å². The fraction of sp³-hybridized carbons (Fsp3) is 0.583. The number of nitrogens with zero attached hydrogens (tertiary/aromatic N) is 1. The van der Waals surface area contributed by atoms with Crippen LogP contribution in [0.5, 0.6) is 0 Å². The fourth-order valence-electron chi connectivity index (χ4n) is 1.81. The van der Waals surface area contributed by atoms with Gasteiger partial charge in [-0.1, -0.05) is 6.58 Å². The Kier molecular flexibility index (Phi) is 6.00. The van der Waals surface area contributed by atoms with Gasteiger partial charge in [0.2, 0.25) is 0 Å². The van der Waals surface area contributed by atoms with Crippen LogP contribution in [0.15, 0.2) is 24.0 Å². The first-order chi connectivity index (χ1) is 7.08. The number of carbonyl (C=O) groups excluding carboxylic acids is 1. The van der Waals surface area contributed by atoms with Gasteiger partial charge in [-0.3, -0.25) is 4.42 Å². The second kappa shape index (κ2) is 6.45. The van der Waals surface area contributed by atoms with Crippen LogP contribution in [0.3, 0.4) is 0 Å². The lowest BCUT2D eigenvalue weighted by atomic mass is 9.87. The summed E-state index contributed by atoms with van der Waals surface area (Å²) in [5.74, 6) is 2.19. The first-order valence-electron chi connectivity index (χ1n) is 5.08. The van der Waals surface area contributed by atoms with E-state index >= 15 is 0 Å². The largest absolute Gasteiger partial charge is 0.870 e. The van der Waals surface area contributed by atoms with Gasteiger partial charge in [-0.2, -0.15) is 0 Å². The summed E-state index contributed by atoms with van der Waals surface area (Å²) in [5.41, 5.74) is 1.06. The quantitative estimate of drug-likeness (QED) is 0.538. The minimum absolute atomic E-state index is 0. The topological polar surface area (TPSA) is 53.8 Å². The summed E-state index contributed by atoms with van der Waals surface area (Å²) in [4.78, 5) is 2.15. The Morgan fingerprint density at radius 2 is 2.19 bits per heavy atom. The molecule has 0 aromatic rings. The maximum Gasteiger partial charge on any atom is 0.349 e. The van der Waals surface area contributed by atoms with Gasteiger partial charge < -0.3 is 15.1 Å². The molecule has 1 rings (SSSR count). The SMILES string of the molecule is C=C1C(=[O+]C)C=C(OC)CC1CN(C)C.[OH-]. The summed E-state index contributed by atoms with van der Waals surface area (Å²) in [6.07, 6.45) is 2.83. The molecule has 1 aliphatic carbocycles. The average Bonchev–Trinajstić information content (AvgIpc) is 2.20. The number of methoxy groups -OCH3 is 1. The Morgan fingerprint density at radius 3 is 2.62 bits per heavy atom. The highest BCUT2D eigenvalue weighted by molar-refractivity contribution is 6.05. The van der Waals surface area contributed by atoms with Crippen LogP contribution in [-0.4, -0.2) is 51.0 Å². The maximum absolute atomic E-state index is 5.29. The third-order valence-corrected chi connectivity index (χ3v) is 2.62. The number of hydrogen-bond donors (Lipinski definition) is 0. The zero-order valence-electron chi connectivity index (χ0n) is 10.5. The number of allylic oxidation sites excluding steroid dienone is 2. The molecule has 1 unspecified atom stereocenters. The molecule has 4 nitrogen and oxygen atoms in total. The highest BCUT2D eigenvalue weighted by Crippen LogP contribution is 2.26. The second-order valence-corrected chi connectivity index (χ2v) is 4.07. The molecule has 0 saturated heterocycles. The minimum atomic E-state index is 0. The van der Waals surface area contributed by atoms with Crippen LogP contribution in [0.2, 0.25) is 0 Å². The van der Waals surface area contributed by atoms with Gasteiger partial charge >= 0.3 is 5.78 Å². The van der Waals surface area contributed by atoms with Gasteiger partial charge in [-0.15, -0.1) is 0 Å². The predicted octanol–water partition coefficient (Wildman–Crippen LogP) is 1.21. The standard InChI is InChI=1S/C12H20NO2.H2O/c1-9-10(8-13(2)3)6-11(14-4)7-12(9)15-5;/h7,10H,1,6,8H2,2-5H3;1H2/q+1;/p-1. The number of hydrogen-bond acceptors (Lipinski definition) is 3. The van der Waals surface area contributed by atoms with Crippen LogP contribution in [0, 0.1) is 5.92 Å². The molecule has 0 amide bonds. The number of ether oxygens (including phenoxy) is 1. The van der Waals surface area contributed by atoms with E-state index in [1.165, 1.54) is 0 Å². The van der Waals surface area contributed by atoms with Crippen molar-refractivity contribution in [1.82, 2.24) is 4.90 Å². The van der Waals surface area contributed by atoms with Gasteiger partial charge in [0.25, 0.3) is 7.11 Å². The van der Waals surface area contributed by atoms with E-state index in [0.717, 1.165) is 30.1 Å². The molecular formula is C12H21NO3. The Labute approximate surface area is 97.2 Å². The van der Waals surface area contributed by atoms with Crippen LogP contribution in [-0.2, 0) is 9.16 Å². The Hall–Kier alpha value is -1.13. The monoisotopic (exact) mass is 227 g/mol. The summed E-state index contributed by atoms with van der Waals surface area (Å²) in [7, 11) is 7.48. The number of rotatable bonds is 3. The minimum Gasteiger partial charge on any atom is -0.870 e. The molecule has 92 valence electrons. The molecule has 0 saturated carbocycles. The molecule has 1 N–H and O–H groups in total. The van der Waals surface area contributed by atoms with Gasteiger partial charge in [0, 0.05) is 18.9 Å². The molecule has 0 spiro atoms. The van der Waals surface area contributed by atoms with Gasteiger partial charge in [0.05, 0.1) is 18.8 Å². The van der Waals surface area contributed by atoms with Crippen molar-refractivity contribution in [2.75, 3.05) is 34.9 Å². The van der Waals surface area contributed by atoms with E-state index in [9.17, 15) is 0 Å². The van der Waals surface area contributed by atoms with Crippen LogP contribution in [0.25, 0.3) is 0 Å². The Balaban J connectivity index is 0.00000225. The molecule has 0 heterocycles. The maximum atomic E-state index is 5.29. The normalized spacial score (nSPS) is 23.1. The Bertz CT molecular complexity index is 305. The molecule has 0 radical (unpaired) electrons. The lowest BCUT2D eigenvalue weighted by Crippen LogP contribution is -2.29. The third kappa shape index (κ3) is 3.47. The number of ketones is 1. The summed E-state index contributed by atoms with van der Waals surface area (Å²) in [5, 5.41) is 0. The summed E-state index contributed by atoms with van der Waals surface area (Å²) < 4.78 is 10.6. The second-order valence-electron chi connectivity index (χ2n) is 4.07. The van der Waals surface area contributed by atoms with E-state index in [0.29, 0.717) is 5.92 Å². The first-order valence-corrected chi connectivity index (χ1v) is 5.08. The van der Waals surface area contributed by atoms with Gasteiger partial charge in [0.15, 0.2) is 0 Å². The molecule has 1 aliphatic rings. The lowest BCUT2D eigenvalue weighted by molar-refractivity contribution is -0.418. The van der Waals surface area contributed by atoms with Crippen molar-refractivity contribution in [3.8, 4) is 0 Å². The highest BCUT2D eigenvalue weighted by Gasteiger charge is 2.30. The van der Waals surface area contributed by atoms with Crippen molar-refractivity contribution in [3.05, 3.63) is 24.0 Å². The van der Waals surface area contributed by atoms with Crippen molar-refractivity contribution in [3.63, 3.8) is 0 Å². The molecule has 0 aromatic carbocycles. The van der Waals surface area contributed by atoms with E-state index in [4.69, 9.17) is 9.16 Å². The molecule has 4 heteroatoms. The van der Waals surface area contributed by atoms with Gasteiger partial charge in [-0.05, 0) is 14.1 Å². The molecular weight excluding hydrogens is 206 g/mol. The fourth-order valence-corrected chi connectivity index (χ4v) is 1.81. The highest BCUT2D eigenvalue weighted by atomic mass is 16.5. The molecule has 16 heavy (non-hydrogen) atoms. The average molecular weight is 227 g/mol. The van der Waals surface area contributed by atoms with Crippen molar-refractivity contribution in [1.29, 1.82) is 0 Å². The molecule has 0 fully saturated rings. The van der Waals surface area contributed by atoms with Crippen molar-refractivity contribution < 1.29 is 14.6 Å². The zero-order chi connectivity index (χ0) is 11.4. The van der Waals surface area contributed by atoms with E-state index in [2.05, 4.69) is 25.6 Å². The third-order valence-electron chi connectivity index (χ3n) is 2.62. The summed E-state index contributed by atoms with van der Waals surface area (Å²) in [6, 6.07) is 0. The first kappa shape index (κ1) is 14.9. The van der Waals surface area contributed by atoms with E-state index in [1.807, 2.05) is 6.08 Å². The lowest BCUT2D eigenvalue weighted by Gasteiger charge is -2.24. The van der Waals surface area contributed by atoms with Crippen LogP contribution in [0.1, 0.15) is 6.42 Å². The predicted molar refractivity (Wildman–Crippen MR) is 63.8 cm³/mol. The molecule has 1 atom stereocenters. The summed E-state index contributed by atoms with van der Waals surface area (Å²) >= 11 is 0. The molecule has 0 aromatic heterocycles. The van der Waals surface area contributed by atoms with E-state index in [-0.39, 0.29) is 5.48 Å². The Morgan fingerprint density at radius 1 is 1.56 bits per heavy atom. The van der Waals surface area contributed by atoms with E-state index < -0.39 is 0 Å². The smallest absolute Gasteiger partial charge is 0.349 e. The van der Waals surface area contributed by atoms with Crippen molar-refractivity contribution >= 4 is 5.78 Å². The van der Waals surface area contributed by atoms with Crippen molar-refractivity contribution in [2.45, 2.75) is 6.42 Å². The van der Waals surface area contributed by atoms with Crippen LogP contribution in [0.4, 0.5) is 0 Å². The molecule has 0 aliphatic heterocycles. The summed E-state index contributed by atoms with van der Waals surface area (Å²) in [6.45, 7) is 5.05.